The first kappa shape index (κ1) is 17.2. The highest BCUT2D eigenvalue weighted by Crippen LogP contribution is 2.23. The molecule has 0 aliphatic carbocycles. The molecule has 1 amide bonds. The number of nitrogens with zero attached hydrogens (tertiary/aromatic N) is 4. The van der Waals surface area contributed by atoms with Crippen LogP contribution in [-0.4, -0.2) is 31.4 Å². The lowest BCUT2D eigenvalue weighted by atomic mass is 10.1. The predicted molar refractivity (Wildman–Crippen MR) is 108 cm³/mol. The zero-order valence-electron chi connectivity index (χ0n) is 14.7. The van der Waals surface area contributed by atoms with Crippen molar-refractivity contribution in [3.63, 3.8) is 0 Å². The molecule has 2 aromatic heterocycles. The van der Waals surface area contributed by atoms with Gasteiger partial charge in [0.1, 0.15) is 0 Å². The van der Waals surface area contributed by atoms with Crippen molar-refractivity contribution in [3.8, 4) is 11.4 Å². The summed E-state index contributed by atoms with van der Waals surface area (Å²) in [5.74, 6) is 0.924. The first-order chi connectivity index (χ1) is 13.2. The molecule has 2 aromatic carbocycles. The molecule has 0 radical (unpaired) electrons. The first-order valence-electron chi connectivity index (χ1n) is 8.42. The van der Waals surface area contributed by atoms with Gasteiger partial charge in [-0.1, -0.05) is 42.1 Å². The smallest absolute Gasteiger partial charge is 0.234 e. The Morgan fingerprint density at radius 1 is 1.04 bits per heavy atom. The Hall–Kier alpha value is -3.19. The summed E-state index contributed by atoms with van der Waals surface area (Å²) in [5.41, 5.74) is 1.72. The minimum atomic E-state index is -0.0799. The molecule has 134 valence electrons. The number of pyridine rings is 1. The summed E-state index contributed by atoms with van der Waals surface area (Å²) in [6.07, 6.45) is 3.43. The fourth-order valence-corrected chi connectivity index (χ4v) is 3.50. The first-order valence-corrected chi connectivity index (χ1v) is 9.40. The van der Waals surface area contributed by atoms with Crippen molar-refractivity contribution >= 4 is 34.1 Å². The van der Waals surface area contributed by atoms with Crippen LogP contribution in [0, 0.1) is 0 Å². The number of nitrogens with one attached hydrogen (secondary N) is 1. The highest BCUT2D eigenvalue weighted by Gasteiger charge is 2.13. The Labute approximate surface area is 160 Å². The molecule has 0 aliphatic rings. The fraction of sp³-hybridized carbons (Fsp3) is 0.100. The van der Waals surface area contributed by atoms with Gasteiger partial charge in [-0.15, -0.1) is 10.2 Å². The number of rotatable bonds is 5. The number of carbonyl (C=O) groups is 1. The monoisotopic (exact) mass is 375 g/mol. The van der Waals surface area contributed by atoms with Crippen molar-refractivity contribution in [2.45, 2.75) is 5.16 Å². The van der Waals surface area contributed by atoms with Crippen molar-refractivity contribution in [2.75, 3.05) is 11.1 Å². The van der Waals surface area contributed by atoms with E-state index in [0.29, 0.717) is 5.16 Å². The molecule has 0 aliphatic heterocycles. The number of anilines is 1. The number of fused-ring (bicyclic) bond motifs is 1. The van der Waals surface area contributed by atoms with Gasteiger partial charge in [-0.2, -0.15) is 0 Å². The second kappa shape index (κ2) is 7.59. The van der Waals surface area contributed by atoms with Crippen LogP contribution in [0.2, 0.25) is 0 Å². The van der Waals surface area contributed by atoms with Crippen LogP contribution < -0.4 is 5.32 Å². The van der Waals surface area contributed by atoms with Crippen LogP contribution >= 0.6 is 11.8 Å². The van der Waals surface area contributed by atoms with Gasteiger partial charge in [0.15, 0.2) is 11.0 Å². The van der Waals surface area contributed by atoms with Crippen molar-refractivity contribution in [2.24, 2.45) is 7.05 Å². The Kier molecular flexibility index (Phi) is 4.84. The Morgan fingerprint density at radius 2 is 1.81 bits per heavy atom. The minimum Gasteiger partial charge on any atom is -0.325 e. The fourth-order valence-electron chi connectivity index (χ4n) is 2.79. The van der Waals surface area contributed by atoms with E-state index >= 15 is 0 Å². The SMILES string of the molecule is Cn1c(SCC(=O)Nc2ccc3ccccc3c2)nnc1-c1ccncc1. The molecule has 4 aromatic rings. The lowest BCUT2D eigenvalue weighted by Gasteiger charge is -2.07. The van der Waals surface area contributed by atoms with E-state index in [1.165, 1.54) is 11.8 Å². The molecule has 0 spiro atoms. The van der Waals surface area contributed by atoms with Gasteiger partial charge in [0.05, 0.1) is 5.75 Å². The summed E-state index contributed by atoms with van der Waals surface area (Å²) < 4.78 is 1.88. The molecule has 0 saturated heterocycles. The number of carbonyl (C=O) groups excluding carboxylic acids is 1. The summed E-state index contributed by atoms with van der Waals surface area (Å²) in [5, 5.41) is 14.3. The van der Waals surface area contributed by atoms with E-state index in [4.69, 9.17) is 0 Å². The third-order valence-electron chi connectivity index (χ3n) is 4.14. The maximum atomic E-state index is 12.3. The molecule has 1 N–H and O–H groups in total. The molecular formula is C20H17N5OS. The third kappa shape index (κ3) is 3.83. The van der Waals surface area contributed by atoms with E-state index in [1.54, 1.807) is 12.4 Å². The van der Waals surface area contributed by atoms with Crippen LogP contribution in [0.4, 0.5) is 5.69 Å². The van der Waals surface area contributed by atoms with Crippen LogP contribution in [0.3, 0.4) is 0 Å². The Balaban J connectivity index is 1.41. The Morgan fingerprint density at radius 3 is 2.63 bits per heavy atom. The van der Waals surface area contributed by atoms with E-state index in [1.807, 2.05) is 66.2 Å². The maximum Gasteiger partial charge on any atom is 0.234 e. The molecule has 27 heavy (non-hydrogen) atoms. The van der Waals surface area contributed by atoms with Crippen molar-refractivity contribution in [1.82, 2.24) is 19.7 Å². The summed E-state index contributed by atoms with van der Waals surface area (Å²) in [6.45, 7) is 0. The number of thioether (sulfide) groups is 1. The number of aromatic nitrogens is 4. The van der Waals surface area contributed by atoms with Gasteiger partial charge >= 0.3 is 0 Å². The summed E-state index contributed by atoms with van der Waals surface area (Å²) in [4.78, 5) is 16.3. The Bertz CT molecular complexity index is 1090. The highest BCUT2D eigenvalue weighted by atomic mass is 32.2. The highest BCUT2D eigenvalue weighted by molar-refractivity contribution is 7.99. The zero-order valence-corrected chi connectivity index (χ0v) is 15.5. The van der Waals surface area contributed by atoms with Crippen LogP contribution in [-0.2, 0) is 11.8 Å². The van der Waals surface area contributed by atoms with Crippen molar-refractivity contribution < 1.29 is 4.79 Å². The largest absolute Gasteiger partial charge is 0.325 e. The van der Waals surface area contributed by atoms with Crippen LogP contribution in [0.5, 0.6) is 0 Å². The average Bonchev–Trinajstić information content (AvgIpc) is 3.07. The average molecular weight is 375 g/mol. The molecule has 0 fully saturated rings. The van der Waals surface area contributed by atoms with E-state index in [-0.39, 0.29) is 11.7 Å². The van der Waals surface area contributed by atoms with E-state index in [0.717, 1.165) is 27.8 Å². The van der Waals surface area contributed by atoms with Crippen molar-refractivity contribution in [3.05, 3.63) is 67.0 Å². The summed E-state index contributed by atoms with van der Waals surface area (Å²) >= 11 is 1.36. The molecule has 7 heteroatoms. The lowest BCUT2D eigenvalue weighted by Crippen LogP contribution is -2.14. The van der Waals surface area contributed by atoms with Gasteiger partial charge in [0, 0.05) is 30.7 Å². The number of amides is 1. The van der Waals surface area contributed by atoms with E-state index in [9.17, 15) is 4.79 Å². The number of benzene rings is 2. The predicted octanol–water partition coefficient (Wildman–Crippen LogP) is 3.76. The normalized spacial score (nSPS) is 10.9. The van der Waals surface area contributed by atoms with Gasteiger partial charge in [0.25, 0.3) is 0 Å². The molecule has 4 rings (SSSR count). The third-order valence-corrected chi connectivity index (χ3v) is 5.16. The summed E-state index contributed by atoms with van der Waals surface area (Å²) in [6, 6.07) is 17.7. The van der Waals surface area contributed by atoms with Gasteiger partial charge < -0.3 is 9.88 Å². The molecule has 0 atom stereocenters. The molecule has 0 saturated carbocycles. The minimum absolute atomic E-state index is 0.0799. The van der Waals surface area contributed by atoms with Gasteiger partial charge in [-0.3, -0.25) is 9.78 Å². The zero-order chi connectivity index (χ0) is 18.6. The van der Waals surface area contributed by atoms with E-state index in [2.05, 4.69) is 20.5 Å². The lowest BCUT2D eigenvalue weighted by molar-refractivity contribution is -0.113. The van der Waals surface area contributed by atoms with E-state index < -0.39 is 0 Å². The topological polar surface area (TPSA) is 72.7 Å². The number of hydrogen-bond acceptors (Lipinski definition) is 5. The maximum absolute atomic E-state index is 12.3. The number of hydrogen-bond donors (Lipinski definition) is 1. The molecule has 0 bridgehead atoms. The second-order valence-electron chi connectivity index (χ2n) is 6.00. The van der Waals surface area contributed by atoms with Crippen LogP contribution in [0.1, 0.15) is 0 Å². The van der Waals surface area contributed by atoms with Crippen LogP contribution in [0.15, 0.2) is 72.1 Å². The van der Waals surface area contributed by atoms with Crippen LogP contribution in [0.25, 0.3) is 22.2 Å². The molecule has 2 heterocycles. The molecule has 0 unspecified atom stereocenters. The standard InChI is InChI=1S/C20H17N5OS/c1-25-19(15-8-10-21-11-9-15)23-24-20(25)27-13-18(26)22-17-7-6-14-4-2-3-5-16(14)12-17/h2-12H,13H2,1H3,(H,22,26). The van der Waals surface area contributed by atoms with Gasteiger partial charge in [-0.25, -0.2) is 0 Å². The molecular weight excluding hydrogens is 358 g/mol. The van der Waals surface area contributed by atoms with Crippen molar-refractivity contribution in [1.29, 1.82) is 0 Å². The molecule has 6 nitrogen and oxygen atoms in total. The summed E-state index contributed by atoms with van der Waals surface area (Å²) in [7, 11) is 1.89. The van der Waals surface area contributed by atoms with Gasteiger partial charge in [0.2, 0.25) is 5.91 Å². The van der Waals surface area contributed by atoms with Gasteiger partial charge in [-0.05, 0) is 35.0 Å². The quantitative estimate of drug-likeness (QED) is 0.538. The second-order valence-corrected chi connectivity index (χ2v) is 6.94.